The van der Waals surface area contributed by atoms with E-state index in [-0.39, 0.29) is 38.2 Å². The highest BCUT2D eigenvalue weighted by Gasteiger charge is 2.08. The van der Waals surface area contributed by atoms with Gasteiger partial charge >= 0.3 is 0 Å². The fourth-order valence-corrected chi connectivity index (χ4v) is 2.36. The van der Waals surface area contributed by atoms with Crippen molar-refractivity contribution in [2.24, 2.45) is 11.5 Å². The lowest BCUT2D eigenvalue weighted by molar-refractivity contribution is -0.126. The third-order valence-electron chi connectivity index (χ3n) is 3.92. The van der Waals surface area contributed by atoms with Crippen molar-refractivity contribution in [1.29, 1.82) is 0 Å². The maximum absolute atomic E-state index is 11.9. The minimum absolute atomic E-state index is 0.0656. The molecule has 0 aromatic heterocycles. The second kappa shape index (κ2) is 18.1. The predicted molar refractivity (Wildman–Crippen MR) is 121 cm³/mol. The lowest BCUT2D eigenvalue weighted by Gasteiger charge is -2.15. The molecule has 180 valence electrons. The molecule has 0 saturated heterocycles. The third kappa shape index (κ3) is 13.7. The molecule has 1 aromatic rings. The maximum atomic E-state index is 11.9. The van der Waals surface area contributed by atoms with Crippen molar-refractivity contribution in [3.63, 3.8) is 0 Å². The van der Waals surface area contributed by atoms with Crippen molar-refractivity contribution in [2.45, 2.75) is 19.6 Å². The summed E-state index contributed by atoms with van der Waals surface area (Å²) in [6, 6.07) is 6.74. The number of rotatable bonds is 18. The first-order valence-electron chi connectivity index (χ1n) is 10.7. The van der Waals surface area contributed by atoms with Gasteiger partial charge in [0, 0.05) is 25.2 Å². The van der Waals surface area contributed by atoms with Crippen LogP contribution in [0.5, 0.6) is 5.75 Å². The van der Waals surface area contributed by atoms with Gasteiger partial charge in [0.05, 0.1) is 26.4 Å². The van der Waals surface area contributed by atoms with Crippen LogP contribution in [0.3, 0.4) is 0 Å². The molecule has 0 saturated carbocycles. The summed E-state index contributed by atoms with van der Waals surface area (Å²) < 4.78 is 21.6. The fraction of sp³-hybridized carbons (Fsp3) is 0.545. The molecule has 10 heteroatoms. The Bertz CT molecular complexity index is 686. The quantitative estimate of drug-likeness (QED) is 0.140. The Morgan fingerprint density at radius 1 is 1.09 bits per heavy atom. The van der Waals surface area contributed by atoms with Gasteiger partial charge in [-0.05, 0) is 24.6 Å². The van der Waals surface area contributed by atoms with Crippen LogP contribution in [-0.4, -0.2) is 77.3 Å². The van der Waals surface area contributed by atoms with Crippen molar-refractivity contribution < 1.29 is 28.5 Å². The molecule has 1 aromatic carbocycles. The average molecular weight is 453 g/mol. The first-order chi connectivity index (χ1) is 15.6. The standard InChI is InChI=1S/C22H36N4O6/c1-2-3-4-11-29-12-10-25-21(27)17-30-13-14-31-20(24)16-32-19-7-5-6-18(15-19)22(28)26-9-8-23/h3-7,15,20H,2,8-14,16-17,23-24H2,1H3,(H,25,27)(H,26,28)/b4-3+. The summed E-state index contributed by atoms with van der Waals surface area (Å²) in [7, 11) is 0. The summed E-state index contributed by atoms with van der Waals surface area (Å²) >= 11 is 0. The van der Waals surface area contributed by atoms with Crippen LogP contribution in [0.4, 0.5) is 0 Å². The summed E-state index contributed by atoms with van der Waals surface area (Å²) in [5.41, 5.74) is 11.7. The Balaban J connectivity index is 2.09. The Morgan fingerprint density at radius 2 is 1.94 bits per heavy atom. The highest BCUT2D eigenvalue weighted by molar-refractivity contribution is 5.94. The Kier molecular flexibility index (Phi) is 15.6. The topological polar surface area (TPSA) is 147 Å². The predicted octanol–water partition coefficient (Wildman–Crippen LogP) is 0.171. The van der Waals surface area contributed by atoms with Gasteiger partial charge in [0.15, 0.2) is 0 Å². The molecule has 0 aliphatic heterocycles. The van der Waals surface area contributed by atoms with Gasteiger partial charge in [0.1, 0.15) is 25.2 Å². The van der Waals surface area contributed by atoms with E-state index in [9.17, 15) is 9.59 Å². The van der Waals surface area contributed by atoms with Gasteiger partial charge in [-0.15, -0.1) is 0 Å². The normalized spacial score (nSPS) is 12.0. The molecule has 10 nitrogen and oxygen atoms in total. The first kappa shape index (κ1) is 27.5. The molecule has 0 spiro atoms. The first-order valence-corrected chi connectivity index (χ1v) is 10.7. The van der Waals surface area contributed by atoms with E-state index in [0.29, 0.717) is 44.2 Å². The molecule has 1 rings (SSSR count). The minimum Gasteiger partial charge on any atom is -0.489 e. The van der Waals surface area contributed by atoms with Crippen LogP contribution in [0, 0.1) is 0 Å². The zero-order chi connectivity index (χ0) is 23.4. The lowest BCUT2D eigenvalue weighted by atomic mass is 10.2. The van der Waals surface area contributed by atoms with Crippen molar-refractivity contribution in [3.05, 3.63) is 42.0 Å². The zero-order valence-electron chi connectivity index (χ0n) is 18.7. The summed E-state index contributed by atoms with van der Waals surface area (Å²) in [6.45, 7) is 4.70. The number of ether oxygens (including phenoxy) is 4. The van der Waals surface area contributed by atoms with Crippen LogP contribution in [0.2, 0.25) is 0 Å². The Hall–Kier alpha value is -2.50. The summed E-state index contributed by atoms with van der Waals surface area (Å²) in [5, 5.41) is 5.39. The zero-order valence-corrected chi connectivity index (χ0v) is 18.7. The van der Waals surface area contributed by atoms with Crippen molar-refractivity contribution in [2.75, 3.05) is 59.3 Å². The molecule has 0 heterocycles. The molecule has 2 amide bonds. The summed E-state index contributed by atoms with van der Waals surface area (Å²) in [6.07, 6.45) is 4.26. The number of carbonyl (C=O) groups excluding carboxylic acids is 2. The number of hydrogen-bond acceptors (Lipinski definition) is 8. The van der Waals surface area contributed by atoms with Crippen LogP contribution < -0.4 is 26.8 Å². The molecule has 0 aliphatic carbocycles. The molecule has 6 N–H and O–H groups in total. The van der Waals surface area contributed by atoms with Crippen LogP contribution in [0.15, 0.2) is 36.4 Å². The van der Waals surface area contributed by atoms with E-state index in [1.807, 2.05) is 12.2 Å². The van der Waals surface area contributed by atoms with Crippen molar-refractivity contribution >= 4 is 11.8 Å². The number of carbonyl (C=O) groups is 2. The van der Waals surface area contributed by atoms with Crippen molar-refractivity contribution in [3.8, 4) is 5.75 Å². The van der Waals surface area contributed by atoms with Crippen LogP contribution in [0.1, 0.15) is 23.7 Å². The van der Waals surface area contributed by atoms with Crippen LogP contribution in [0.25, 0.3) is 0 Å². The summed E-state index contributed by atoms with van der Waals surface area (Å²) in [5.74, 6) is 0.0581. The number of nitrogens with one attached hydrogen (secondary N) is 2. The monoisotopic (exact) mass is 452 g/mol. The second-order valence-electron chi connectivity index (χ2n) is 6.65. The fourth-order valence-electron chi connectivity index (χ4n) is 2.36. The van der Waals surface area contributed by atoms with Gasteiger partial charge in [-0.3, -0.25) is 9.59 Å². The Morgan fingerprint density at radius 3 is 2.72 bits per heavy atom. The Labute approximate surface area is 189 Å². The van der Waals surface area contributed by atoms with Gasteiger partial charge in [0.2, 0.25) is 5.91 Å². The largest absolute Gasteiger partial charge is 0.489 e. The molecule has 0 radical (unpaired) electrons. The molecular formula is C22H36N4O6. The molecular weight excluding hydrogens is 416 g/mol. The number of nitrogens with two attached hydrogens (primary N) is 2. The van der Waals surface area contributed by atoms with Crippen LogP contribution in [-0.2, 0) is 19.0 Å². The van der Waals surface area contributed by atoms with Gasteiger partial charge in [-0.25, -0.2) is 0 Å². The second-order valence-corrected chi connectivity index (χ2v) is 6.65. The van der Waals surface area contributed by atoms with E-state index in [4.69, 9.17) is 30.4 Å². The smallest absolute Gasteiger partial charge is 0.251 e. The lowest BCUT2D eigenvalue weighted by Crippen LogP contribution is -2.33. The van der Waals surface area contributed by atoms with E-state index in [0.717, 1.165) is 6.42 Å². The third-order valence-corrected chi connectivity index (χ3v) is 3.92. The molecule has 0 fully saturated rings. The van der Waals surface area contributed by atoms with E-state index in [1.165, 1.54) is 0 Å². The van der Waals surface area contributed by atoms with E-state index in [1.54, 1.807) is 24.3 Å². The van der Waals surface area contributed by atoms with Crippen molar-refractivity contribution in [1.82, 2.24) is 10.6 Å². The highest BCUT2D eigenvalue weighted by atomic mass is 16.6. The van der Waals surface area contributed by atoms with Gasteiger partial charge in [0.25, 0.3) is 5.91 Å². The minimum atomic E-state index is -0.680. The maximum Gasteiger partial charge on any atom is 0.251 e. The van der Waals surface area contributed by atoms with E-state index < -0.39 is 6.23 Å². The number of hydrogen-bond donors (Lipinski definition) is 4. The van der Waals surface area contributed by atoms with Gasteiger partial charge in [-0.2, -0.15) is 0 Å². The number of benzene rings is 1. The van der Waals surface area contributed by atoms with Gasteiger partial charge in [-0.1, -0.05) is 25.1 Å². The number of allylic oxidation sites excluding steroid dienone is 1. The molecule has 0 aliphatic rings. The SMILES string of the molecule is CC/C=C/COCCNC(=O)COCCOC(N)COc1cccc(C(=O)NCCN)c1. The van der Waals surface area contributed by atoms with E-state index in [2.05, 4.69) is 17.6 Å². The highest BCUT2D eigenvalue weighted by Crippen LogP contribution is 2.13. The average Bonchev–Trinajstić information content (AvgIpc) is 2.80. The molecule has 1 unspecified atom stereocenters. The molecule has 32 heavy (non-hydrogen) atoms. The molecule has 1 atom stereocenters. The summed E-state index contributed by atoms with van der Waals surface area (Å²) in [4.78, 5) is 23.6. The number of amides is 2. The van der Waals surface area contributed by atoms with E-state index >= 15 is 0 Å². The van der Waals surface area contributed by atoms with Crippen LogP contribution >= 0.6 is 0 Å². The van der Waals surface area contributed by atoms with Gasteiger partial charge < -0.3 is 41.0 Å². The molecule has 0 bridgehead atoms.